The molecule has 1 aromatic rings. The fourth-order valence-corrected chi connectivity index (χ4v) is 3.67. The third kappa shape index (κ3) is 3.17. The number of nitrogens with zero attached hydrogens (tertiary/aromatic N) is 2. The average Bonchev–Trinajstić information content (AvgIpc) is 3.09. The lowest BCUT2D eigenvalue weighted by atomic mass is 9.85. The number of likely N-dealkylation sites (tertiary alicyclic amines) is 1. The van der Waals surface area contributed by atoms with Crippen LogP contribution in [0.25, 0.3) is 0 Å². The highest BCUT2D eigenvalue weighted by Gasteiger charge is 2.45. The van der Waals surface area contributed by atoms with Crippen molar-refractivity contribution in [3.05, 3.63) is 18.0 Å². The molecule has 2 aliphatic heterocycles. The van der Waals surface area contributed by atoms with Crippen LogP contribution in [0.1, 0.15) is 42.7 Å². The summed E-state index contributed by atoms with van der Waals surface area (Å²) in [7, 11) is 0. The van der Waals surface area contributed by atoms with Crippen LogP contribution in [0.3, 0.4) is 0 Å². The number of hydrogen-bond donors (Lipinski definition) is 1. The summed E-state index contributed by atoms with van der Waals surface area (Å²) in [5.74, 6) is 0.907. The Bertz CT molecular complexity index is 603. The minimum atomic E-state index is -0.250. The van der Waals surface area contributed by atoms with Gasteiger partial charge in [-0.2, -0.15) is 0 Å². The third-order valence-electron chi connectivity index (χ3n) is 5.45. The Balaban J connectivity index is 1.29. The SMILES string of the molecule is O=C(NCC1CC1)C1COC2(CCN(C(=O)c3ccno3)CC2)C1. The predicted molar refractivity (Wildman–Crippen MR) is 84.2 cm³/mol. The van der Waals surface area contributed by atoms with Gasteiger partial charge in [0.1, 0.15) is 0 Å². The molecular formula is C17H23N3O4. The van der Waals surface area contributed by atoms with Crippen molar-refractivity contribution in [2.45, 2.75) is 37.7 Å². The Hall–Kier alpha value is -1.89. The van der Waals surface area contributed by atoms with Crippen molar-refractivity contribution >= 4 is 11.8 Å². The zero-order chi connectivity index (χ0) is 16.6. The van der Waals surface area contributed by atoms with E-state index in [1.165, 1.54) is 19.0 Å². The maximum absolute atomic E-state index is 12.3. The van der Waals surface area contributed by atoms with Crippen LogP contribution in [0.15, 0.2) is 16.8 Å². The van der Waals surface area contributed by atoms with Gasteiger partial charge in [0.05, 0.1) is 24.3 Å². The maximum atomic E-state index is 12.3. The number of ether oxygens (including phenoxy) is 1. The molecule has 3 aliphatic rings. The van der Waals surface area contributed by atoms with Gasteiger partial charge in [-0.15, -0.1) is 0 Å². The second-order valence-electron chi connectivity index (χ2n) is 7.25. The molecule has 4 rings (SSSR count). The molecule has 0 radical (unpaired) electrons. The summed E-state index contributed by atoms with van der Waals surface area (Å²) in [6.45, 7) is 2.54. The van der Waals surface area contributed by atoms with Gasteiger partial charge >= 0.3 is 0 Å². The molecule has 3 heterocycles. The number of carbonyl (C=O) groups excluding carboxylic acids is 2. The lowest BCUT2D eigenvalue weighted by molar-refractivity contribution is -0.125. The predicted octanol–water partition coefficient (Wildman–Crippen LogP) is 1.21. The zero-order valence-corrected chi connectivity index (χ0v) is 13.7. The molecule has 0 aromatic carbocycles. The summed E-state index contributed by atoms with van der Waals surface area (Å²) in [5.41, 5.74) is -0.250. The third-order valence-corrected chi connectivity index (χ3v) is 5.45. The summed E-state index contributed by atoms with van der Waals surface area (Å²) < 4.78 is 11.0. The summed E-state index contributed by atoms with van der Waals surface area (Å²) in [6, 6.07) is 1.58. The van der Waals surface area contributed by atoms with E-state index >= 15 is 0 Å². The van der Waals surface area contributed by atoms with Crippen LogP contribution >= 0.6 is 0 Å². The number of aromatic nitrogens is 1. The average molecular weight is 333 g/mol. The molecule has 2 saturated heterocycles. The van der Waals surface area contributed by atoms with Gasteiger partial charge in [-0.25, -0.2) is 0 Å². The van der Waals surface area contributed by atoms with E-state index in [1.54, 1.807) is 11.0 Å². The normalized spacial score (nSPS) is 25.8. The van der Waals surface area contributed by atoms with Gasteiger partial charge in [-0.3, -0.25) is 9.59 Å². The van der Waals surface area contributed by atoms with E-state index in [2.05, 4.69) is 10.5 Å². The van der Waals surface area contributed by atoms with Gasteiger partial charge in [0.2, 0.25) is 11.7 Å². The standard InChI is InChI=1S/C17H23N3O4/c21-15(18-10-12-1-2-12)13-9-17(23-11-13)4-7-20(8-5-17)16(22)14-3-6-19-24-14/h3,6,12-13H,1-2,4-5,7-11H2,(H,18,21). The monoisotopic (exact) mass is 333 g/mol. The Morgan fingerprint density at radius 1 is 1.33 bits per heavy atom. The quantitative estimate of drug-likeness (QED) is 0.895. The van der Waals surface area contributed by atoms with Crippen molar-refractivity contribution in [1.82, 2.24) is 15.4 Å². The van der Waals surface area contributed by atoms with Crippen molar-refractivity contribution in [3.8, 4) is 0 Å². The molecule has 1 saturated carbocycles. The molecule has 1 spiro atoms. The minimum Gasteiger partial charge on any atom is -0.374 e. The first-order valence-corrected chi connectivity index (χ1v) is 8.77. The first-order chi connectivity index (χ1) is 11.7. The van der Waals surface area contributed by atoms with Crippen molar-refractivity contribution in [2.24, 2.45) is 11.8 Å². The molecule has 1 aliphatic carbocycles. The fourth-order valence-electron chi connectivity index (χ4n) is 3.67. The minimum absolute atomic E-state index is 0.0553. The van der Waals surface area contributed by atoms with E-state index in [0.29, 0.717) is 25.6 Å². The number of nitrogens with one attached hydrogen (secondary N) is 1. The smallest absolute Gasteiger partial charge is 0.292 e. The van der Waals surface area contributed by atoms with Crippen molar-refractivity contribution in [1.29, 1.82) is 0 Å². The topological polar surface area (TPSA) is 84.7 Å². The second kappa shape index (κ2) is 6.20. The number of rotatable bonds is 4. The Labute approximate surface area is 140 Å². The molecule has 7 heteroatoms. The molecule has 1 N–H and O–H groups in total. The van der Waals surface area contributed by atoms with E-state index in [1.807, 2.05) is 0 Å². The van der Waals surface area contributed by atoms with Crippen LogP contribution < -0.4 is 5.32 Å². The summed E-state index contributed by atoms with van der Waals surface area (Å²) in [4.78, 5) is 26.3. The highest BCUT2D eigenvalue weighted by molar-refractivity contribution is 5.91. The maximum Gasteiger partial charge on any atom is 0.292 e. The molecule has 2 amide bonds. The van der Waals surface area contributed by atoms with Gasteiger partial charge in [0.25, 0.3) is 5.91 Å². The fraction of sp³-hybridized carbons (Fsp3) is 0.706. The molecule has 1 unspecified atom stereocenters. The van der Waals surface area contributed by atoms with E-state index < -0.39 is 0 Å². The van der Waals surface area contributed by atoms with Crippen LogP contribution in [0.2, 0.25) is 0 Å². The van der Waals surface area contributed by atoms with Crippen LogP contribution in [0, 0.1) is 11.8 Å². The zero-order valence-electron chi connectivity index (χ0n) is 13.7. The summed E-state index contributed by atoms with van der Waals surface area (Å²) in [6.07, 6.45) is 6.23. The molecule has 7 nitrogen and oxygen atoms in total. The Kier molecular flexibility index (Phi) is 4.04. The molecule has 24 heavy (non-hydrogen) atoms. The number of hydrogen-bond acceptors (Lipinski definition) is 5. The van der Waals surface area contributed by atoms with Crippen LogP contribution in [-0.4, -0.2) is 53.7 Å². The molecular weight excluding hydrogens is 310 g/mol. The molecule has 1 aromatic heterocycles. The van der Waals surface area contributed by atoms with E-state index in [9.17, 15) is 9.59 Å². The number of carbonyl (C=O) groups is 2. The summed E-state index contributed by atoms with van der Waals surface area (Å²) in [5, 5.41) is 6.63. The van der Waals surface area contributed by atoms with Crippen molar-refractivity contribution in [3.63, 3.8) is 0 Å². The van der Waals surface area contributed by atoms with E-state index in [-0.39, 0.29) is 29.1 Å². The molecule has 130 valence electrons. The number of piperidine rings is 1. The van der Waals surface area contributed by atoms with Gasteiger partial charge in [-0.1, -0.05) is 5.16 Å². The van der Waals surface area contributed by atoms with Gasteiger partial charge in [-0.05, 0) is 38.0 Å². The molecule has 1 atom stereocenters. The van der Waals surface area contributed by atoms with Crippen LogP contribution in [0.5, 0.6) is 0 Å². The highest BCUT2D eigenvalue weighted by atomic mass is 16.5. The molecule has 0 bridgehead atoms. The van der Waals surface area contributed by atoms with Crippen molar-refractivity contribution in [2.75, 3.05) is 26.2 Å². The van der Waals surface area contributed by atoms with E-state index in [4.69, 9.17) is 9.26 Å². The van der Waals surface area contributed by atoms with Gasteiger partial charge in [0, 0.05) is 25.7 Å². The Morgan fingerprint density at radius 2 is 2.12 bits per heavy atom. The summed E-state index contributed by atoms with van der Waals surface area (Å²) >= 11 is 0. The molecule has 3 fully saturated rings. The lowest BCUT2D eigenvalue weighted by Gasteiger charge is -2.38. The van der Waals surface area contributed by atoms with Gasteiger partial charge in [0.15, 0.2) is 0 Å². The highest BCUT2D eigenvalue weighted by Crippen LogP contribution is 2.39. The first-order valence-electron chi connectivity index (χ1n) is 8.77. The Morgan fingerprint density at radius 3 is 2.79 bits per heavy atom. The number of amides is 2. The van der Waals surface area contributed by atoms with Crippen LogP contribution in [-0.2, 0) is 9.53 Å². The van der Waals surface area contributed by atoms with Gasteiger partial charge < -0.3 is 19.5 Å². The first kappa shape index (κ1) is 15.6. The largest absolute Gasteiger partial charge is 0.374 e. The lowest BCUT2D eigenvalue weighted by Crippen LogP contribution is -2.46. The van der Waals surface area contributed by atoms with Crippen molar-refractivity contribution < 1.29 is 18.8 Å². The van der Waals surface area contributed by atoms with Crippen LogP contribution in [0.4, 0.5) is 0 Å². The van der Waals surface area contributed by atoms with E-state index in [0.717, 1.165) is 25.8 Å². The second-order valence-corrected chi connectivity index (χ2v) is 7.25.